The Labute approximate surface area is 61.9 Å². The topological polar surface area (TPSA) is 38.9 Å². The number of alkyl halides is 2. The summed E-state index contributed by atoms with van der Waals surface area (Å²) >= 11 is 10.9. The first-order valence-corrected chi connectivity index (χ1v) is 3.16. The van der Waals surface area contributed by atoms with Gasteiger partial charge in [-0.2, -0.15) is 0 Å². The standard InChI is InChI=1S/C4H4Cl2N2O/c1-2-3(4(5)6)8-9-7-2/h4H,1H3. The summed E-state index contributed by atoms with van der Waals surface area (Å²) in [5.41, 5.74) is 1.11. The first-order chi connectivity index (χ1) is 4.22. The molecule has 0 unspecified atom stereocenters. The Morgan fingerprint density at radius 3 is 2.33 bits per heavy atom. The van der Waals surface area contributed by atoms with Gasteiger partial charge in [-0.3, -0.25) is 0 Å². The van der Waals surface area contributed by atoms with Gasteiger partial charge in [0.25, 0.3) is 0 Å². The molecule has 0 saturated carbocycles. The number of hydrogen-bond acceptors (Lipinski definition) is 3. The van der Waals surface area contributed by atoms with E-state index < -0.39 is 4.84 Å². The van der Waals surface area contributed by atoms with E-state index in [1.807, 2.05) is 0 Å². The SMILES string of the molecule is Cc1nonc1C(Cl)Cl. The van der Waals surface area contributed by atoms with Crippen molar-refractivity contribution in [3.8, 4) is 0 Å². The molecule has 0 spiro atoms. The van der Waals surface area contributed by atoms with E-state index in [0.717, 1.165) is 0 Å². The van der Waals surface area contributed by atoms with E-state index in [-0.39, 0.29) is 0 Å². The molecule has 0 N–H and O–H groups in total. The summed E-state index contributed by atoms with van der Waals surface area (Å²) < 4.78 is 4.34. The van der Waals surface area contributed by atoms with Crippen LogP contribution in [-0.4, -0.2) is 10.3 Å². The Balaban J connectivity index is 2.94. The van der Waals surface area contributed by atoms with Crippen molar-refractivity contribution in [1.82, 2.24) is 10.3 Å². The lowest BCUT2D eigenvalue weighted by Gasteiger charge is -1.90. The van der Waals surface area contributed by atoms with Gasteiger partial charge < -0.3 is 0 Å². The molecule has 0 fully saturated rings. The summed E-state index contributed by atoms with van der Waals surface area (Å²) in [7, 11) is 0. The highest BCUT2D eigenvalue weighted by molar-refractivity contribution is 6.43. The van der Waals surface area contributed by atoms with E-state index in [1.165, 1.54) is 0 Å². The monoisotopic (exact) mass is 166 g/mol. The second kappa shape index (κ2) is 2.54. The molecule has 0 radical (unpaired) electrons. The molecule has 0 atom stereocenters. The number of rotatable bonds is 1. The van der Waals surface area contributed by atoms with Crippen molar-refractivity contribution in [2.45, 2.75) is 11.8 Å². The minimum atomic E-state index is -0.642. The zero-order chi connectivity index (χ0) is 6.85. The average Bonchev–Trinajstić information content (AvgIpc) is 2.13. The normalized spacial score (nSPS) is 10.7. The maximum absolute atomic E-state index is 5.45. The third-order valence-electron chi connectivity index (χ3n) is 0.894. The number of hydrogen-bond donors (Lipinski definition) is 0. The van der Waals surface area contributed by atoms with Crippen LogP contribution in [0.2, 0.25) is 0 Å². The van der Waals surface area contributed by atoms with E-state index in [9.17, 15) is 0 Å². The summed E-state index contributed by atoms with van der Waals surface area (Å²) in [5.74, 6) is 0. The number of nitrogens with zero attached hydrogens (tertiary/aromatic N) is 2. The molecule has 50 valence electrons. The fraction of sp³-hybridized carbons (Fsp3) is 0.500. The smallest absolute Gasteiger partial charge is 0.155 e. The fourth-order valence-electron chi connectivity index (χ4n) is 0.436. The average molecular weight is 167 g/mol. The van der Waals surface area contributed by atoms with Crippen molar-refractivity contribution in [1.29, 1.82) is 0 Å². The predicted octanol–water partition coefficient (Wildman–Crippen LogP) is 1.85. The van der Waals surface area contributed by atoms with Gasteiger partial charge >= 0.3 is 0 Å². The Kier molecular flexibility index (Phi) is 1.93. The van der Waals surface area contributed by atoms with Crippen LogP contribution in [0, 0.1) is 6.92 Å². The lowest BCUT2D eigenvalue weighted by Crippen LogP contribution is -1.83. The molecule has 3 nitrogen and oxygen atoms in total. The van der Waals surface area contributed by atoms with Gasteiger partial charge in [-0.05, 0) is 6.92 Å². The van der Waals surface area contributed by atoms with E-state index in [2.05, 4.69) is 14.9 Å². The minimum absolute atomic E-state index is 0.485. The zero-order valence-corrected chi connectivity index (χ0v) is 6.15. The Morgan fingerprint density at radius 2 is 2.11 bits per heavy atom. The van der Waals surface area contributed by atoms with Crippen LogP contribution >= 0.6 is 23.2 Å². The molecule has 0 amide bonds. The minimum Gasteiger partial charge on any atom is -0.244 e. The molecule has 5 heteroatoms. The molecule has 0 aliphatic carbocycles. The van der Waals surface area contributed by atoms with Crippen LogP contribution in [0.25, 0.3) is 0 Å². The molecule has 0 aromatic carbocycles. The number of halogens is 2. The number of aryl methyl sites for hydroxylation is 1. The summed E-state index contributed by atoms with van der Waals surface area (Å²) in [4.78, 5) is -0.642. The van der Waals surface area contributed by atoms with Crippen molar-refractivity contribution < 1.29 is 4.63 Å². The molecule has 1 heterocycles. The summed E-state index contributed by atoms with van der Waals surface area (Å²) in [6.45, 7) is 1.73. The third-order valence-corrected chi connectivity index (χ3v) is 1.31. The van der Waals surface area contributed by atoms with E-state index >= 15 is 0 Å². The molecule has 0 bridgehead atoms. The highest BCUT2D eigenvalue weighted by Crippen LogP contribution is 2.23. The molecule has 1 aromatic heterocycles. The van der Waals surface area contributed by atoms with Gasteiger partial charge in [-0.1, -0.05) is 33.5 Å². The van der Waals surface area contributed by atoms with Crippen LogP contribution in [0.1, 0.15) is 16.2 Å². The quantitative estimate of drug-likeness (QED) is 0.599. The maximum Gasteiger partial charge on any atom is 0.155 e. The van der Waals surface area contributed by atoms with Gasteiger partial charge in [0, 0.05) is 0 Å². The van der Waals surface area contributed by atoms with Crippen molar-refractivity contribution in [3.63, 3.8) is 0 Å². The second-order valence-electron chi connectivity index (χ2n) is 1.54. The molecule has 1 aromatic rings. The summed E-state index contributed by atoms with van der Waals surface area (Å²) in [6, 6.07) is 0. The van der Waals surface area contributed by atoms with Crippen molar-refractivity contribution in [2.24, 2.45) is 0 Å². The summed E-state index contributed by atoms with van der Waals surface area (Å²) in [5, 5.41) is 6.95. The lowest BCUT2D eigenvalue weighted by atomic mass is 10.4. The summed E-state index contributed by atoms with van der Waals surface area (Å²) in [6.07, 6.45) is 0. The predicted molar refractivity (Wildman–Crippen MR) is 33.5 cm³/mol. The van der Waals surface area contributed by atoms with Crippen molar-refractivity contribution in [3.05, 3.63) is 11.4 Å². The lowest BCUT2D eigenvalue weighted by molar-refractivity contribution is 0.302. The molecule has 0 saturated heterocycles. The molecule has 0 aliphatic heterocycles. The van der Waals surface area contributed by atoms with E-state index in [0.29, 0.717) is 11.4 Å². The first-order valence-electron chi connectivity index (χ1n) is 2.29. The Hall–Kier alpha value is -0.280. The van der Waals surface area contributed by atoms with Crippen LogP contribution in [0.4, 0.5) is 0 Å². The van der Waals surface area contributed by atoms with Gasteiger partial charge in [0.1, 0.15) is 11.4 Å². The van der Waals surface area contributed by atoms with Crippen molar-refractivity contribution >= 4 is 23.2 Å². The molecule has 1 rings (SSSR count). The number of aromatic nitrogens is 2. The Morgan fingerprint density at radius 1 is 1.44 bits per heavy atom. The Bertz CT molecular complexity index is 198. The van der Waals surface area contributed by atoms with E-state index in [1.54, 1.807) is 6.92 Å². The van der Waals surface area contributed by atoms with Gasteiger partial charge in [0.2, 0.25) is 0 Å². The van der Waals surface area contributed by atoms with Gasteiger partial charge in [0.05, 0.1) is 0 Å². The molecule has 9 heavy (non-hydrogen) atoms. The van der Waals surface area contributed by atoms with Gasteiger partial charge in [0.15, 0.2) is 4.84 Å². The molecule has 0 aliphatic rings. The molecular weight excluding hydrogens is 163 g/mol. The highest BCUT2D eigenvalue weighted by Gasteiger charge is 2.11. The largest absolute Gasteiger partial charge is 0.244 e. The van der Waals surface area contributed by atoms with Crippen LogP contribution in [-0.2, 0) is 0 Å². The van der Waals surface area contributed by atoms with Crippen LogP contribution in [0.15, 0.2) is 4.63 Å². The third kappa shape index (κ3) is 1.34. The van der Waals surface area contributed by atoms with Crippen LogP contribution in [0.3, 0.4) is 0 Å². The second-order valence-corrected chi connectivity index (χ2v) is 2.63. The first kappa shape index (κ1) is 6.83. The maximum atomic E-state index is 5.45. The van der Waals surface area contributed by atoms with Crippen LogP contribution < -0.4 is 0 Å². The van der Waals surface area contributed by atoms with Gasteiger partial charge in [-0.15, -0.1) is 0 Å². The van der Waals surface area contributed by atoms with Gasteiger partial charge in [-0.25, -0.2) is 4.63 Å². The van der Waals surface area contributed by atoms with E-state index in [4.69, 9.17) is 23.2 Å². The van der Waals surface area contributed by atoms with Crippen LogP contribution in [0.5, 0.6) is 0 Å². The zero-order valence-electron chi connectivity index (χ0n) is 4.64. The highest BCUT2D eigenvalue weighted by atomic mass is 35.5. The molecular formula is C4H4Cl2N2O. The fourth-order valence-corrected chi connectivity index (χ4v) is 0.832. The van der Waals surface area contributed by atoms with Crippen molar-refractivity contribution in [2.75, 3.05) is 0 Å².